The Morgan fingerprint density at radius 1 is 1.05 bits per heavy atom. The number of Topliss-reactive ketones (excluding diaryl/α,β-unsaturated/α-hetero) is 1. The van der Waals surface area contributed by atoms with Gasteiger partial charge in [0.1, 0.15) is 0 Å². The van der Waals surface area contributed by atoms with Crippen LogP contribution in [0.2, 0.25) is 0 Å². The summed E-state index contributed by atoms with van der Waals surface area (Å²) >= 11 is 0. The number of rotatable bonds is 5. The van der Waals surface area contributed by atoms with Gasteiger partial charge in [0.2, 0.25) is 0 Å². The van der Waals surface area contributed by atoms with Crippen molar-refractivity contribution in [1.82, 2.24) is 0 Å². The molecule has 0 aliphatic heterocycles. The SMILES string of the molecule is Cc1ccccc1-c1ccc(CC(N)C(=O)C(C)C)cc1. The minimum atomic E-state index is -0.408. The lowest BCUT2D eigenvalue weighted by Crippen LogP contribution is -2.35. The minimum Gasteiger partial charge on any atom is -0.321 e. The molecule has 2 N–H and O–H groups in total. The molecule has 0 saturated carbocycles. The number of carbonyl (C=O) groups excluding carboxylic acids is 1. The molecule has 110 valence electrons. The number of hydrogen-bond acceptors (Lipinski definition) is 2. The predicted octanol–water partition coefficient (Wildman–Crippen LogP) is 3.76. The quantitative estimate of drug-likeness (QED) is 0.907. The molecule has 2 heteroatoms. The van der Waals surface area contributed by atoms with E-state index < -0.39 is 6.04 Å². The first-order valence-electron chi connectivity index (χ1n) is 7.43. The van der Waals surface area contributed by atoms with Crippen molar-refractivity contribution < 1.29 is 4.79 Å². The molecule has 0 bridgehead atoms. The van der Waals surface area contributed by atoms with Crippen LogP contribution in [0, 0.1) is 12.8 Å². The van der Waals surface area contributed by atoms with Crippen LogP contribution in [0.5, 0.6) is 0 Å². The van der Waals surface area contributed by atoms with Gasteiger partial charge in [0.05, 0.1) is 6.04 Å². The zero-order valence-electron chi connectivity index (χ0n) is 13.0. The summed E-state index contributed by atoms with van der Waals surface area (Å²) < 4.78 is 0. The highest BCUT2D eigenvalue weighted by molar-refractivity contribution is 5.85. The van der Waals surface area contributed by atoms with Crippen LogP contribution in [-0.4, -0.2) is 11.8 Å². The highest BCUT2D eigenvalue weighted by Crippen LogP contribution is 2.23. The molecule has 0 spiro atoms. The van der Waals surface area contributed by atoms with Crippen molar-refractivity contribution >= 4 is 5.78 Å². The maximum Gasteiger partial charge on any atom is 0.152 e. The topological polar surface area (TPSA) is 43.1 Å². The number of hydrogen-bond donors (Lipinski definition) is 1. The van der Waals surface area contributed by atoms with E-state index in [0.29, 0.717) is 6.42 Å². The second kappa shape index (κ2) is 6.68. The number of ketones is 1. The average Bonchev–Trinajstić information content (AvgIpc) is 2.47. The second-order valence-electron chi connectivity index (χ2n) is 5.88. The van der Waals surface area contributed by atoms with Crippen molar-refractivity contribution in [2.24, 2.45) is 11.7 Å². The molecule has 0 saturated heterocycles. The van der Waals surface area contributed by atoms with Gasteiger partial charge in [-0.1, -0.05) is 62.4 Å². The summed E-state index contributed by atoms with van der Waals surface area (Å²) in [6.07, 6.45) is 0.602. The van der Waals surface area contributed by atoms with E-state index in [2.05, 4.69) is 43.3 Å². The van der Waals surface area contributed by atoms with Crippen molar-refractivity contribution in [3.63, 3.8) is 0 Å². The maximum absolute atomic E-state index is 11.9. The predicted molar refractivity (Wildman–Crippen MR) is 88.1 cm³/mol. The van der Waals surface area contributed by atoms with Gasteiger partial charge in [-0.25, -0.2) is 0 Å². The van der Waals surface area contributed by atoms with E-state index in [9.17, 15) is 4.79 Å². The fourth-order valence-electron chi connectivity index (χ4n) is 2.50. The van der Waals surface area contributed by atoms with E-state index in [1.54, 1.807) is 0 Å². The summed E-state index contributed by atoms with van der Waals surface area (Å²) in [5.74, 6) is 0.115. The summed E-state index contributed by atoms with van der Waals surface area (Å²) in [5.41, 5.74) is 10.8. The normalized spacial score (nSPS) is 12.4. The Balaban J connectivity index is 2.13. The summed E-state index contributed by atoms with van der Waals surface area (Å²) in [6.45, 7) is 5.90. The van der Waals surface area contributed by atoms with Crippen LogP contribution in [-0.2, 0) is 11.2 Å². The van der Waals surface area contributed by atoms with Gasteiger partial charge in [-0.05, 0) is 35.6 Å². The Morgan fingerprint density at radius 3 is 2.24 bits per heavy atom. The molecule has 0 amide bonds. The average molecular weight is 281 g/mol. The van der Waals surface area contributed by atoms with Gasteiger partial charge in [0.15, 0.2) is 5.78 Å². The Kier molecular flexibility index (Phi) is 4.92. The van der Waals surface area contributed by atoms with Crippen molar-refractivity contribution in [1.29, 1.82) is 0 Å². The van der Waals surface area contributed by atoms with Crippen LogP contribution in [0.25, 0.3) is 11.1 Å². The van der Waals surface area contributed by atoms with Gasteiger partial charge in [-0.3, -0.25) is 4.79 Å². The molecular weight excluding hydrogens is 258 g/mol. The Labute approximate surface area is 127 Å². The molecule has 2 nitrogen and oxygen atoms in total. The number of benzene rings is 2. The number of carbonyl (C=O) groups is 1. The third-order valence-electron chi connectivity index (χ3n) is 3.80. The molecule has 2 aromatic rings. The van der Waals surface area contributed by atoms with Crippen LogP contribution in [0.15, 0.2) is 48.5 Å². The van der Waals surface area contributed by atoms with Crippen LogP contribution in [0.3, 0.4) is 0 Å². The monoisotopic (exact) mass is 281 g/mol. The van der Waals surface area contributed by atoms with Crippen LogP contribution < -0.4 is 5.73 Å². The zero-order chi connectivity index (χ0) is 15.4. The van der Waals surface area contributed by atoms with Gasteiger partial charge < -0.3 is 5.73 Å². The molecular formula is C19H23NO. The Hall–Kier alpha value is -1.93. The largest absolute Gasteiger partial charge is 0.321 e. The minimum absolute atomic E-state index is 0.00811. The summed E-state index contributed by atoms with van der Waals surface area (Å²) in [7, 11) is 0. The van der Waals surface area contributed by atoms with E-state index in [-0.39, 0.29) is 11.7 Å². The molecule has 1 unspecified atom stereocenters. The van der Waals surface area contributed by atoms with Gasteiger partial charge in [0, 0.05) is 5.92 Å². The highest BCUT2D eigenvalue weighted by Gasteiger charge is 2.17. The first-order valence-corrected chi connectivity index (χ1v) is 7.43. The maximum atomic E-state index is 11.9. The molecule has 0 aliphatic carbocycles. The van der Waals surface area contributed by atoms with Crippen molar-refractivity contribution in [3.05, 3.63) is 59.7 Å². The molecule has 2 aromatic carbocycles. The first-order chi connectivity index (χ1) is 9.99. The van der Waals surface area contributed by atoms with Crippen molar-refractivity contribution in [2.75, 3.05) is 0 Å². The van der Waals surface area contributed by atoms with Crippen molar-refractivity contribution in [3.8, 4) is 11.1 Å². The fourth-order valence-corrected chi connectivity index (χ4v) is 2.50. The van der Waals surface area contributed by atoms with E-state index in [0.717, 1.165) is 5.56 Å². The molecule has 21 heavy (non-hydrogen) atoms. The molecule has 0 radical (unpaired) electrons. The number of nitrogens with two attached hydrogens (primary N) is 1. The summed E-state index contributed by atoms with van der Waals surface area (Å²) in [5, 5.41) is 0. The van der Waals surface area contributed by atoms with Gasteiger partial charge in [0.25, 0.3) is 0 Å². The lowest BCUT2D eigenvalue weighted by molar-refractivity contribution is -0.123. The molecule has 1 atom stereocenters. The van der Waals surface area contributed by atoms with Gasteiger partial charge in [-0.2, -0.15) is 0 Å². The molecule has 0 fully saturated rings. The number of aryl methyl sites for hydroxylation is 1. The molecule has 2 rings (SSSR count). The second-order valence-corrected chi connectivity index (χ2v) is 5.88. The molecule has 0 aromatic heterocycles. The Bertz CT molecular complexity index is 614. The van der Waals surface area contributed by atoms with Crippen LogP contribution in [0.4, 0.5) is 0 Å². The highest BCUT2D eigenvalue weighted by atomic mass is 16.1. The lowest BCUT2D eigenvalue weighted by atomic mass is 9.94. The summed E-state index contributed by atoms with van der Waals surface area (Å²) in [6, 6.07) is 16.3. The van der Waals surface area contributed by atoms with Crippen LogP contribution in [0.1, 0.15) is 25.0 Å². The Morgan fingerprint density at radius 2 is 1.67 bits per heavy atom. The standard InChI is InChI=1S/C19H23NO/c1-13(2)19(21)18(20)12-15-8-10-16(11-9-15)17-7-5-4-6-14(17)3/h4-11,13,18H,12,20H2,1-3H3. The third kappa shape index (κ3) is 3.79. The fraction of sp³-hybridized carbons (Fsp3) is 0.316. The van der Waals surface area contributed by atoms with Gasteiger partial charge >= 0.3 is 0 Å². The first kappa shape index (κ1) is 15.5. The van der Waals surface area contributed by atoms with Crippen molar-refractivity contribution in [2.45, 2.75) is 33.2 Å². The summed E-state index contributed by atoms with van der Waals surface area (Å²) in [4.78, 5) is 11.9. The smallest absolute Gasteiger partial charge is 0.152 e. The third-order valence-corrected chi connectivity index (χ3v) is 3.80. The van der Waals surface area contributed by atoms with E-state index >= 15 is 0 Å². The molecule has 0 heterocycles. The van der Waals surface area contributed by atoms with E-state index in [1.807, 2.05) is 26.0 Å². The zero-order valence-corrected chi connectivity index (χ0v) is 13.0. The van der Waals surface area contributed by atoms with E-state index in [4.69, 9.17) is 5.73 Å². The van der Waals surface area contributed by atoms with Crippen LogP contribution >= 0.6 is 0 Å². The van der Waals surface area contributed by atoms with Gasteiger partial charge in [-0.15, -0.1) is 0 Å². The lowest BCUT2D eigenvalue weighted by Gasteiger charge is -2.13. The van der Waals surface area contributed by atoms with E-state index in [1.165, 1.54) is 16.7 Å². The molecule has 0 aliphatic rings.